The molecule has 0 atom stereocenters. The minimum absolute atomic E-state index is 0.393. The van der Waals surface area contributed by atoms with Crippen LogP contribution in [0.4, 0.5) is 0 Å². The third-order valence-electron chi connectivity index (χ3n) is 3.07. The van der Waals surface area contributed by atoms with Crippen molar-refractivity contribution in [2.45, 2.75) is 91.2 Å². The zero-order chi connectivity index (χ0) is 13.6. The maximum Gasteiger partial charge on any atom is 0.0518 e. The van der Waals surface area contributed by atoms with Crippen molar-refractivity contribution in [2.24, 2.45) is 0 Å². The Morgan fingerprint density at radius 1 is 0.722 bits per heavy atom. The SMILES string of the molecule is CC(C)NCCCCCCCCCCOC(C)C. The Morgan fingerprint density at radius 3 is 1.72 bits per heavy atom. The van der Waals surface area contributed by atoms with E-state index in [1.165, 1.54) is 57.9 Å². The largest absolute Gasteiger partial charge is 0.379 e. The Labute approximate surface area is 115 Å². The number of nitrogens with one attached hydrogen (secondary N) is 1. The molecule has 0 aliphatic carbocycles. The van der Waals surface area contributed by atoms with Crippen LogP contribution >= 0.6 is 0 Å². The topological polar surface area (TPSA) is 21.3 Å². The molecule has 2 heteroatoms. The molecule has 0 aliphatic rings. The predicted octanol–water partition coefficient (Wildman–Crippen LogP) is 4.53. The van der Waals surface area contributed by atoms with E-state index < -0.39 is 0 Å². The Morgan fingerprint density at radius 2 is 1.22 bits per heavy atom. The number of unbranched alkanes of at least 4 members (excludes halogenated alkanes) is 7. The van der Waals surface area contributed by atoms with Crippen molar-refractivity contribution in [3.05, 3.63) is 0 Å². The third kappa shape index (κ3) is 15.9. The molecule has 0 unspecified atom stereocenters. The van der Waals surface area contributed by atoms with Crippen molar-refractivity contribution in [1.29, 1.82) is 0 Å². The summed E-state index contributed by atoms with van der Waals surface area (Å²) >= 11 is 0. The first-order valence-electron chi connectivity index (χ1n) is 7.98. The summed E-state index contributed by atoms with van der Waals surface area (Å²) in [7, 11) is 0. The zero-order valence-electron chi connectivity index (χ0n) is 13.1. The number of ether oxygens (including phenoxy) is 1. The summed E-state index contributed by atoms with van der Waals surface area (Å²) < 4.78 is 5.53. The van der Waals surface area contributed by atoms with Crippen LogP contribution in [-0.4, -0.2) is 25.3 Å². The van der Waals surface area contributed by atoms with Gasteiger partial charge in [0.2, 0.25) is 0 Å². The van der Waals surface area contributed by atoms with Crippen LogP contribution in [0.3, 0.4) is 0 Å². The van der Waals surface area contributed by atoms with Crippen LogP contribution in [0.5, 0.6) is 0 Å². The van der Waals surface area contributed by atoms with Crippen molar-refractivity contribution < 1.29 is 4.74 Å². The van der Waals surface area contributed by atoms with E-state index in [1.807, 2.05) is 0 Å². The van der Waals surface area contributed by atoms with Crippen LogP contribution in [0.15, 0.2) is 0 Å². The smallest absolute Gasteiger partial charge is 0.0518 e. The lowest BCUT2D eigenvalue weighted by atomic mass is 10.1. The highest BCUT2D eigenvalue weighted by atomic mass is 16.5. The summed E-state index contributed by atoms with van der Waals surface area (Å²) in [6, 6.07) is 0.637. The summed E-state index contributed by atoms with van der Waals surface area (Å²) in [6.07, 6.45) is 11.3. The van der Waals surface area contributed by atoms with E-state index in [-0.39, 0.29) is 0 Å². The zero-order valence-corrected chi connectivity index (χ0v) is 13.1. The number of hydrogen-bond acceptors (Lipinski definition) is 2. The fourth-order valence-electron chi connectivity index (χ4n) is 2.00. The lowest BCUT2D eigenvalue weighted by Crippen LogP contribution is -2.23. The quantitative estimate of drug-likeness (QED) is 0.489. The van der Waals surface area contributed by atoms with Crippen LogP contribution in [-0.2, 0) is 4.74 Å². The lowest BCUT2D eigenvalue weighted by molar-refractivity contribution is 0.0756. The summed E-state index contributed by atoms with van der Waals surface area (Å²) in [6.45, 7) is 10.8. The fraction of sp³-hybridized carbons (Fsp3) is 1.00. The fourth-order valence-corrected chi connectivity index (χ4v) is 2.00. The van der Waals surface area contributed by atoms with Crippen molar-refractivity contribution in [3.63, 3.8) is 0 Å². The average molecular weight is 257 g/mol. The molecule has 0 heterocycles. The molecule has 110 valence electrons. The minimum atomic E-state index is 0.393. The second-order valence-electron chi connectivity index (χ2n) is 5.86. The van der Waals surface area contributed by atoms with E-state index in [0.717, 1.165) is 6.61 Å². The molecule has 0 bridgehead atoms. The normalized spacial score (nSPS) is 11.7. The van der Waals surface area contributed by atoms with Crippen molar-refractivity contribution in [1.82, 2.24) is 5.32 Å². The van der Waals surface area contributed by atoms with E-state index in [2.05, 4.69) is 33.0 Å². The van der Waals surface area contributed by atoms with Gasteiger partial charge in [0.15, 0.2) is 0 Å². The van der Waals surface area contributed by atoms with Crippen LogP contribution in [0.1, 0.15) is 79.1 Å². The average Bonchev–Trinajstić information content (AvgIpc) is 2.29. The molecule has 0 spiro atoms. The molecule has 1 N–H and O–H groups in total. The molecule has 0 aromatic heterocycles. The molecule has 18 heavy (non-hydrogen) atoms. The summed E-state index contributed by atoms with van der Waals surface area (Å²) in [5, 5.41) is 3.47. The van der Waals surface area contributed by atoms with E-state index in [9.17, 15) is 0 Å². The third-order valence-corrected chi connectivity index (χ3v) is 3.07. The highest BCUT2D eigenvalue weighted by Crippen LogP contribution is 2.08. The van der Waals surface area contributed by atoms with Crippen molar-refractivity contribution in [3.8, 4) is 0 Å². The Hall–Kier alpha value is -0.0800. The highest BCUT2D eigenvalue weighted by Gasteiger charge is 1.95. The van der Waals surface area contributed by atoms with Gasteiger partial charge in [-0.3, -0.25) is 0 Å². The standard InChI is InChI=1S/C16H35NO/c1-15(2)17-13-11-9-7-5-6-8-10-12-14-18-16(3)4/h15-17H,5-14H2,1-4H3. The highest BCUT2D eigenvalue weighted by molar-refractivity contribution is 4.53. The van der Waals surface area contributed by atoms with Crippen LogP contribution < -0.4 is 5.32 Å². The Bertz CT molecular complexity index is 139. The lowest BCUT2D eigenvalue weighted by Gasteiger charge is -2.08. The second-order valence-corrected chi connectivity index (χ2v) is 5.86. The first-order chi connectivity index (χ1) is 8.63. The summed E-state index contributed by atoms with van der Waals surface area (Å²) in [4.78, 5) is 0. The molecule has 0 radical (unpaired) electrons. The van der Waals surface area contributed by atoms with E-state index in [4.69, 9.17) is 4.74 Å². The first-order valence-corrected chi connectivity index (χ1v) is 7.98. The predicted molar refractivity (Wildman–Crippen MR) is 81.2 cm³/mol. The van der Waals surface area contributed by atoms with Crippen molar-refractivity contribution in [2.75, 3.05) is 13.2 Å². The van der Waals surface area contributed by atoms with Gasteiger partial charge in [0.25, 0.3) is 0 Å². The molecule has 0 rings (SSSR count). The molecular formula is C16H35NO. The Balaban J connectivity index is 2.95. The molecule has 0 aromatic carbocycles. The van der Waals surface area contributed by atoms with Gasteiger partial charge in [-0.15, -0.1) is 0 Å². The van der Waals surface area contributed by atoms with Gasteiger partial charge in [-0.25, -0.2) is 0 Å². The number of hydrogen-bond donors (Lipinski definition) is 1. The summed E-state index contributed by atoms with van der Waals surface area (Å²) in [5.74, 6) is 0. The maximum absolute atomic E-state index is 5.53. The molecule has 0 saturated carbocycles. The molecular weight excluding hydrogens is 222 g/mol. The molecule has 0 saturated heterocycles. The van der Waals surface area contributed by atoms with Gasteiger partial charge < -0.3 is 10.1 Å². The Kier molecular flexibility index (Phi) is 13.3. The van der Waals surface area contributed by atoms with Crippen LogP contribution in [0, 0.1) is 0 Å². The maximum atomic E-state index is 5.53. The molecule has 0 aliphatic heterocycles. The summed E-state index contributed by atoms with van der Waals surface area (Å²) in [5.41, 5.74) is 0. The van der Waals surface area contributed by atoms with E-state index in [1.54, 1.807) is 0 Å². The van der Waals surface area contributed by atoms with E-state index >= 15 is 0 Å². The van der Waals surface area contributed by atoms with Crippen molar-refractivity contribution >= 4 is 0 Å². The second kappa shape index (κ2) is 13.4. The van der Waals surface area contributed by atoms with Gasteiger partial charge in [0.1, 0.15) is 0 Å². The molecule has 0 amide bonds. The molecule has 2 nitrogen and oxygen atoms in total. The van der Waals surface area contributed by atoms with Gasteiger partial charge in [-0.1, -0.05) is 52.4 Å². The van der Waals surface area contributed by atoms with Crippen LogP contribution in [0.25, 0.3) is 0 Å². The van der Waals surface area contributed by atoms with Gasteiger partial charge in [0, 0.05) is 12.6 Å². The first kappa shape index (κ1) is 17.9. The van der Waals surface area contributed by atoms with E-state index in [0.29, 0.717) is 12.1 Å². The van der Waals surface area contributed by atoms with Gasteiger partial charge in [-0.05, 0) is 33.2 Å². The monoisotopic (exact) mass is 257 g/mol. The molecule has 0 fully saturated rings. The number of rotatable bonds is 13. The van der Waals surface area contributed by atoms with Crippen LogP contribution in [0.2, 0.25) is 0 Å². The minimum Gasteiger partial charge on any atom is -0.379 e. The van der Waals surface area contributed by atoms with Gasteiger partial charge >= 0.3 is 0 Å². The molecule has 0 aromatic rings. The van der Waals surface area contributed by atoms with Gasteiger partial charge in [0.05, 0.1) is 6.10 Å². The van der Waals surface area contributed by atoms with Gasteiger partial charge in [-0.2, -0.15) is 0 Å².